The second kappa shape index (κ2) is 16.9. The number of nitrogens with one attached hydrogen (secondary N) is 2. The first-order valence-electron chi connectivity index (χ1n) is 16.4. The number of hydrogen-bond acceptors (Lipinski definition) is 8. The van der Waals surface area contributed by atoms with Gasteiger partial charge in [0.2, 0.25) is 0 Å². The average Bonchev–Trinajstić information content (AvgIpc) is 3.11. The first-order chi connectivity index (χ1) is 22.6. The van der Waals surface area contributed by atoms with Gasteiger partial charge in [0, 0.05) is 62.8 Å². The second-order valence-electron chi connectivity index (χ2n) is 11.6. The van der Waals surface area contributed by atoms with Crippen molar-refractivity contribution >= 4 is 28.9 Å². The fraction of sp³-hybridized carbons (Fsp3) is 0.444. The van der Waals surface area contributed by atoms with Crippen LogP contribution in [-0.2, 0) is 4.74 Å². The number of piperazine rings is 1. The number of amides is 2. The summed E-state index contributed by atoms with van der Waals surface area (Å²) in [6.07, 6.45) is 2.90. The van der Waals surface area contributed by atoms with Gasteiger partial charge in [0.05, 0.1) is 38.2 Å². The molecule has 0 radical (unpaired) electrons. The van der Waals surface area contributed by atoms with Gasteiger partial charge in [-0.15, -0.1) is 0 Å². The van der Waals surface area contributed by atoms with Crippen molar-refractivity contribution in [3.8, 4) is 11.5 Å². The molecule has 0 aliphatic carbocycles. The van der Waals surface area contributed by atoms with E-state index in [-0.39, 0.29) is 11.8 Å². The lowest BCUT2D eigenvalue weighted by molar-refractivity contribution is 0.0374. The summed E-state index contributed by atoms with van der Waals surface area (Å²) in [6.45, 7) is 10.7. The summed E-state index contributed by atoms with van der Waals surface area (Å²) < 4.78 is 16.8. The van der Waals surface area contributed by atoms with E-state index in [1.54, 1.807) is 25.3 Å². The molecular weight excluding hydrogens is 582 g/mol. The summed E-state index contributed by atoms with van der Waals surface area (Å²) in [5.41, 5.74) is 3.57. The Bertz CT molecular complexity index is 1420. The van der Waals surface area contributed by atoms with Crippen molar-refractivity contribution in [2.24, 2.45) is 0 Å². The first kappa shape index (κ1) is 33.1. The van der Waals surface area contributed by atoms with Crippen LogP contribution < -0.4 is 29.9 Å². The lowest BCUT2D eigenvalue weighted by Crippen LogP contribution is -2.47. The smallest absolute Gasteiger partial charge is 0.255 e. The Balaban J connectivity index is 1.27. The molecule has 3 aromatic carbocycles. The van der Waals surface area contributed by atoms with E-state index in [4.69, 9.17) is 14.2 Å². The maximum Gasteiger partial charge on any atom is 0.255 e. The van der Waals surface area contributed by atoms with Crippen molar-refractivity contribution in [3.63, 3.8) is 0 Å². The zero-order valence-electron chi connectivity index (χ0n) is 27.1. The van der Waals surface area contributed by atoms with Crippen LogP contribution in [0.15, 0.2) is 66.7 Å². The number of rotatable bonds is 14. The molecule has 3 aromatic rings. The van der Waals surface area contributed by atoms with E-state index >= 15 is 0 Å². The molecule has 2 saturated heterocycles. The molecule has 10 nitrogen and oxygen atoms in total. The van der Waals surface area contributed by atoms with Gasteiger partial charge in [-0.3, -0.25) is 14.5 Å². The van der Waals surface area contributed by atoms with Gasteiger partial charge in [-0.1, -0.05) is 25.5 Å². The number of para-hydroxylation sites is 2. The lowest BCUT2D eigenvalue weighted by Gasteiger charge is -2.38. The van der Waals surface area contributed by atoms with Crippen LogP contribution in [0.3, 0.4) is 0 Å². The van der Waals surface area contributed by atoms with E-state index < -0.39 is 0 Å². The van der Waals surface area contributed by atoms with E-state index in [9.17, 15) is 9.59 Å². The molecule has 0 atom stereocenters. The monoisotopic (exact) mass is 629 g/mol. The molecule has 10 heteroatoms. The highest BCUT2D eigenvalue weighted by Gasteiger charge is 2.24. The Morgan fingerprint density at radius 1 is 0.826 bits per heavy atom. The van der Waals surface area contributed by atoms with Crippen molar-refractivity contribution in [2.45, 2.75) is 26.2 Å². The molecule has 0 unspecified atom stereocenters. The van der Waals surface area contributed by atoms with Gasteiger partial charge in [-0.05, 0) is 74.0 Å². The highest BCUT2D eigenvalue weighted by Crippen LogP contribution is 2.31. The Hall–Kier alpha value is -4.28. The molecule has 0 aromatic heterocycles. The van der Waals surface area contributed by atoms with E-state index in [0.29, 0.717) is 30.0 Å². The van der Waals surface area contributed by atoms with E-state index in [1.807, 2.05) is 42.5 Å². The zero-order valence-corrected chi connectivity index (χ0v) is 27.1. The molecular formula is C36H47N5O5. The standard InChI is InChI=1S/C36H47N5O5/c1-3-4-24-46-30-13-10-28(11-14-30)35(42)38-29-12-15-32(31(27-29)36(43)37-16-7-17-39-22-25-45-26-23-39)40-18-20-41(21-19-40)33-8-5-6-9-34(33)44-2/h5-6,8-15,27H,3-4,7,16-26H2,1-2H3,(H,37,43)(H,38,42). The van der Waals surface area contributed by atoms with Crippen molar-refractivity contribution in [1.82, 2.24) is 10.2 Å². The summed E-state index contributed by atoms with van der Waals surface area (Å²) in [6, 6.07) is 20.8. The minimum absolute atomic E-state index is 0.145. The Labute approximate surface area is 272 Å². The quantitative estimate of drug-likeness (QED) is 0.243. The summed E-state index contributed by atoms with van der Waals surface area (Å²) in [4.78, 5) is 33.7. The molecule has 2 amide bonds. The topological polar surface area (TPSA) is 95.6 Å². The molecule has 0 spiro atoms. The van der Waals surface area contributed by atoms with Crippen LogP contribution in [0.25, 0.3) is 0 Å². The number of hydrogen-bond donors (Lipinski definition) is 2. The summed E-state index contributed by atoms with van der Waals surface area (Å²) >= 11 is 0. The van der Waals surface area contributed by atoms with Gasteiger partial charge in [0.15, 0.2) is 0 Å². The maximum atomic E-state index is 13.7. The Kier molecular flexibility index (Phi) is 12.1. The third-order valence-electron chi connectivity index (χ3n) is 8.47. The van der Waals surface area contributed by atoms with Crippen LogP contribution in [0.5, 0.6) is 11.5 Å². The number of benzene rings is 3. The first-order valence-corrected chi connectivity index (χ1v) is 16.4. The SMILES string of the molecule is CCCCOc1ccc(C(=O)Nc2ccc(N3CCN(c4ccccc4OC)CC3)c(C(=O)NCCCN3CCOCC3)c2)cc1. The number of carbonyl (C=O) groups excluding carboxylic acids is 2. The van der Waals surface area contributed by atoms with Gasteiger partial charge in [0.25, 0.3) is 11.8 Å². The molecule has 2 fully saturated rings. The fourth-order valence-corrected chi connectivity index (χ4v) is 5.82. The van der Waals surface area contributed by atoms with Gasteiger partial charge >= 0.3 is 0 Å². The normalized spacial score (nSPS) is 15.3. The van der Waals surface area contributed by atoms with E-state index in [2.05, 4.69) is 38.3 Å². The third kappa shape index (κ3) is 8.92. The highest BCUT2D eigenvalue weighted by atomic mass is 16.5. The lowest BCUT2D eigenvalue weighted by atomic mass is 10.1. The molecule has 5 rings (SSSR count). The van der Waals surface area contributed by atoms with Crippen molar-refractivity contribution < 1.29 is 23.8 Å². The van der Waals surface area contributed by atoms with Crippen LogP contribution in [0.4, 0.5) is 17.1 Å². The predicted octanol–water partition coefficient (Wildman–Crippen LogP) is 4.91. The highest BCUT2D eigenvalue weighted by molar-refractivity contribution is 6.06. The predicted molar refractivity (Wildman–Crippen MR) is 183 cm³/mol. The van der Waals surface area contributed by atoms with Crippen molar-refractivity contribution in [3.05, 3.63) is 77.9 Å². The molecule has 2 aliphatic rings. The summed E-state index contributed by atoms with van der Waals surface area (Å²) in [5.74, 6) is 1.21. The maximum absolute atomic E-state index is 13.7. The summed E-state index contributed by atoms with van der Waals surface area (Å²) in [5, 5.41) is 6.12. The summed E-state index contributed by atoms with van der Waals surface area (Å²) in [7, 11) is 1.69. The van der Waals surface area contributed by atoms with Crippen LogP contribution >= 0.6 is 0 Å². The van der Waals surface area contributed by atoms with Crippen LogP contribution in [0, 0.1) is 0 Å². The molecule has 246 valence electrons. The number of anilines is 3. The fourth-order valence-electron chi connectivity index (χ4n) is 5.82. The Morgan fingerprint density at radius 2 is 1.54 bits per heavy atom. The number of unbranched alkanes of at least 4 members (excludes halogenated alkanes) is 1. The molecule has 0 saturated carbocycles. The number of nitrogens with zero attached hydrogens (tertiary/aromatic N) is 3. The van der Waals surface area contributed by atoms with E-state index in [1.165, 1.54) is 0 Å². The van der Waals surface area contributed by atoms with Gasteiger partial charge in [-0.25, -0.2) is 0 Å². The molecule has 46 heavy (non-hydrogen) atoms. The average molecular weight is 630 g/mol. The minimum Gasteiger partial charge on any atom is -0.495 e. The second-order valence-corrected chi connectivity index (χ2v) is 11.6. The molecule has 0 bridgehead atoms. The van der Waals surface area contributed by atoms with Crippen LogP contribution in [0.1, 0.15) is 46.9 Å². The van der Waals surface area contributed by atoms with E-state index in [0.717, 1.165) is 101 Å². The number of morpholine rings is 1. The molecule has 2 N–H and O–H groups in total. The van der Waals surface area contributed by atoms with Crippen LogP contribution in [0.2, 0.25) is 0 Å². The molecule has 2 aliphatic heterocycles. The molecule has 2 heterocycles. The zero-order chi connectivity index (χ0) is 32.1. The largest absolute Gasteiger partial charge is 0.495 e. The number of methoxy groups -OCH3 is 1. The van der Waals surface area contributed by atoms with Gasteiger partial charge in [-0.2, -0.15) is 0 Å². The third-order valence-corrected chi connectivity index (χ3v) is 8.47. The van der Waals surface area contributed by atoms with Crippen molar-refractivity contribution in [2.75, 3.05) is 94.4 Å². The Morgan fingerprint density at radius 3 is 2.26 bits per heavy atom. The van der Waals surface area contributed by atoms with Gasteiger partial charge < -0.3 is 34.6 Å². The van der Waals surface area contributed by atoms with Gasteiger partial charge in [0.1, 0.15) is 11.5 Å². The minimum atomic E-state index is -0.241. The van der Waals surface area contributed by atoms with Crippen LogP contribution in [-0.4, -0.2) is 96.0 Å². The van der Waals surface area contributed by atoms with Crippen molar-refractivity contribution in [1.29, 1.82) is 0 Å². The number of carbonyl (C=O) groups is 2. The number of ether oxygens (including phenoxy) is 3.